The Morgan fingerprint density at radius 2 is 1.38 bits per heavy atom. The molecule has 1 aliphatic rings. The zero-order valence-electron chi connectivity index (χ0n) is 24.8. The van der Waals surface area contributed by atoms with Gasteiger partial charge in [-0.3, -0.25) is 4.79 Å². The van der Waals surface area contributed by atoms with Crippen molar-refractivity contribution in [1.82, 2.24) is 5.32 Å². The summed E-state index contributed by atoms with van der Waals surface area (Å²) in [6.45, 7) is 16.3. The van der Waals surface area contributed by atoms with Crippen LogP contribution in [-0.2, 0) is 34.9 Å². The van der Waals surface area contributed by atoms with Crippen LogP contribution in [0.25, 0.3) is 0 Å². The molecule has 224 valence electrons. The van der Waals surface area contributed by atoms with Crippen molar-refractivity contribution < 1.29 is 38.3 Å². The van der Waals surface area contributed by atoms with E-state index in [2.05, 4.69) is 19.2 Å². The number of phenolic OH excluding ortho intramolecular Hbond substituents is 1. The Labute approximate surface area is 234 Å². The van der Waals surface area contributed by atoms with Gasteiger partial charge in [0, 0.05) is 31.7 Å². The lowest BCUT2D eigenvalue weighted by molar-refractivity contribution is -0.122. The van der Waals surface area contributed by atoms with Gasteiger partial charge < -0.3 is 38.8 Å². The third-order valence-electron chi connectivity index (χ3n) is 7.10. The molecule has 1 aliphatic heterocycles. The zero-order valence-corrected chi connectivity index (χ0v) is 24.8. The largest absolute Gasteiger partial charge is 0.507 e. The summed E-state index contributed by atoms with van der Waals surface area (Å²) in [5.74, 6) is 1.26. The number of rotatable bonds is 21. The van der Waals surface area contributed by atoms with Crippen LogP contribution in [0.2, 0.25) is 0 Å². The number of carbonyl (C=O) groups is 1. The average Bonchev–Trinajstić information content (AvgIpc) is 2.93. The molecule has 0 fully saturated rings. The Morgan fingerprint density at radius 3 is 1.95 bits per heavy atom. The van der Waals surface area contributed by atoms with Gasteiger partial charge in [-0.05, 0) is 76.5 Å². The Morgan fingerprint density at radius 1 is 0.846 bits per heavy atom. The molecular weight excluding hydrogens is 502 g/mol. The van der Waals surface area contributed by atoms with Gasteiger partial charge in [0.15, 0.2) is 0 Å². The normalized spacial score (nSPS) is 16.6. The van der Waals surface area contributed by atoms with Crippen LogP contribution in [0, 0.1) is 20.8 Å². The third kappa shape index (κ3) is 12.0. The van der Waals surface area contributed by atoms with E-state index >= 15 is 0 Å². The number of carbonyl (C=O) groups excluding carboxylic acids is 1. The van der Waals surface area contributed by atoms with Crippen LogP contribution in [-0.4, -0.2) is 89.2 Å². The highest BCUT2D eigenvalue weighted by atomic mass is 16.6. The highest BCUT2D eigenvalue weighted by Gasteiger charge is 2.34. The number of phenols is 1. The minimum atomic E-state index is -0.393. The van der Waals surface area contributed by atoms with Gasteiger partial charge in [-0.25, -0.2) is 0 Å². The highest BCUT2D eigenvalue weighted by molar-refractivity contribution is 5.75. The molecule has 2 N–H and O–H groups in total. The van der Waals surface area contributed by atoms with Gasteiger partial charge in [-0.15, -0.1) is 0 Å². The van der Waals surface area contributed by atoms with Gasteiger partial charge in [0.25, 0.3) is 0 Å². The van der Waals surface area contributed by atoms with Gasteiger partial charge in [0.2, 0.25) is 5.91 Å². The molecule has 0 radical (unpaired) electrons. The molecule has 9 heteroatoms. The third-order valence-corrected chi connectivity index (χ3v) is 7.10. The van der Waals surface area contributed by atoms with Crippen LogP contribution in [0.15, 0.2) is 0 Å². The summed E-state index contributed by atoms with van der Waals surface area (Å²) in [6.07, 6.45) is 4.49. The summed E-state index contributed by atoms with van der Waals surface area (Å²) in [5, 5.41) is 13.3. The molecule has 1 unspecified atom stereocenters. The molecule has 1 atom stereocenters. The first-order chi connectivity index (χ1) is 18.8. The Hall–Kier alpha value is -1.91. The number of fused-ring (bicyclic) bond motifs is 1. The van der Waals surface area contributed by atoms with Crippen molar-refractivity contribution in [2.45, 2.75) is 78.7 Å². The van der Waals surface area contributed by atoms with E-state index in [0.29, 0.717) is 84.6 Å². The van der Waals surface area contributed by atoms with Gasteiger partial charge in [-0.2, -0.15) is 0 Å². The van der Waals surface area contributed by atoms with Crippen molar-refractivity contribution in [2.24, 2.45) is 0 Å². The van der Waals surface area contributed by atoms with Crippen molar-refractivity contribution in [1.29, 1.82) is 0 Å². The second-order valence-corrected chi connectivity index (χ2v) is 10.3. The van der Waals surface area contributed by atoms with Crippen molar-refractivity contribution in [3.8, 4) is 11.5 Å². The number of hydrogen-bond donors (Lipinski definition) is 2. The van der Waals surface area contributed by atoms with Crippen molar-refractivity contribution in [2.75, 3.05) is 72.6 Å². The van der Waals surface area contributed by atoms with E-state index in [1.165, 1.54) is 0 Å². The standard InChI is InChI=1S/C30H51NO8/c1-6-13-34-15-17-36-19-21-38-22-20-37-18-16-35-14-7-12-31-27(32)9-11-30(5)10-8-26-25(4)28(33)23(2)24(3)29(26)39-30/h33H,6-22H2,1-5H3,(H,31,32). The van der Waals surface area contributed by atoms with Crippen molar-refractivity contribution >= 4 is 5.91 Å². The average molecular weight is 554 g/mol. The maximum Gasteiger partial charge on any atom is 0.220 e. The monoisotopic (exact) mass is 553 g/mol. The molecular formula is C30H51NO8. The number of amides is 1. The Bertz CT molecular complexity index is 862. The van der Waals surface area contributed by atoms with Crippen LogP contribution < -0.4 is 10.1 Å². The molecule has 1 aromatic rings. The van der Waals surface area contributed by atoms with Crippen LogP contribution in [0.5, 0.6) is 11.5 Å². The predicted molar refractivity (Wildman–Crippen MR) is 151 cm³/mol. The molecule has 1 heterocycles. The number of benzene rings is 1. The van der Waals surface area contributed by atoms with E-state index in [9.17, 15) is 9.90 Å². The van der Waals surface area contributed by atoms with E-state index in [1.54, 1.807) is 0 Å². The van der Waals surface area contributed by atoms with Crippen LogP contribution in [0.1, 0.15) is 68.2 Å². The lowest BCUT2D eigenvalue weighted by Crippen LogP contribution is -2.38. The van der Waals surface area contributed by atoms with Crippen LogP contribution >= 0.6 is 0 Å². The fourth-order valence-corrected chi connectivity index (χ4v) is 4.47. The van der Waals surface area contributed by atoms with Crippen molar-refractivity contribution in [3.05, 3.63) is 22.3 Å². The number of ether oxygens (including phenoxy) is 6. The number of aromatic hydroxyl groups is 1. The van der Waals surface area contributed by atoms with Crippen LogP contribution in [0.3, 0.4) is 0 Å². The lowest BCUT2D eigenvalue weighted by Gasteiger charge is -2.38. The molecule has 1 amide bonds. The zero-order chi connectivity index (χ0) is 28.5. The molecule has 1 aromatic carbocycles. The molecule has 0 spiro atoms. The summed E-state index contributed by atoms with van der Waals surface area (Å²) in [6, 6.07) is 0. The topological polar surface area (TPSA) is 105 Å². The van der Waals surface area contributed by atoms with E-state index in [-0.39, 0.29) is 5.91 Å². The summed E-state index contributed by atoms with van der Waals surface area (Å²) < 4.78 is 33.7. The van der Waals surface area contributed by atoms with E-state index in [1.807, 2.05) is 20.8 Å². The Balaban J connectivity index is 1.44. The molecule has 39 heavy (non-hydrogen) atoms. The molecule has 0 saturated heterocycles. The lowest BCUT2D eigenvalue weighted by atomic mass is 9.85. The van der Waals surface area contributed by atoms with E-state index in [4.69, 9.17) is 28.4 Å². The maximum atomic E-state index is 12.4. The van der Waals surface area contributed by atoms with E-state index in [0.717, 1.165) is 60.3 Å². The minimum absolute atomic E-state index is 0.0268. The van der Waals surface area contributed by atoms with E-state index < -0.39 is 5.60 Å². The first kappa shape index (κ1) is 33.3. The number of nitrogens with one attached hydrogen (secondary N) is 1. The first-order valence-corrected chi connectivity index (χ1v) is 14.4. The Kier molecular flexibility index (Phi) is 15.7. The first-order valence-electron chi connectivity index (χ1n) is 14.4. The summed E-state index contributed by atoms with van der Waals surface area (Å²) in [4.78, 5) is 12.4. The summed E-state index contributed by atoms with van der Waals surface area (Å²) >= 11 is 0. The van der Waals surface area contributed by atoms with Gasteiger partial charge in [-0.1, -0.05) is 6.92 Å². The molecule has 0 aromatic heterocycles. The molecule has 0 aliphatic carbocycles. The summed E-state index contributed by atoms with van der Waals surface area (Å²) in [7, 11) is 0. The molecule has 0 saturated carbocycles. The number of hydrogen-bond acceptors (Lipinski definition) is 8. The fraction of sp³-hybridized carbons (Fsp3) is 0.767. The highest BCUT2D eigenvalue weighted by Crippen LogP contribution is 2.44. The quantitative estimate of drug-likeness (QED) is 0.219. The van der Waals surface area contributed by atoms with Gasteiger partial charge in [0.05, 0.1) is 52.9 Å². The SMILES string of the molecule is CCCOCCOCCOCCOCCOCCCNC(=O)CCC1(C)CCc2c(C)c(O)c(C)c(C)c2O1. The summed E-state index contributed by atoms with van der Waals surface area (Å²) in [5.41, 5.74) is 3.43. The molecule has 2 rings (SSSR count). The fourth-order valence-electron chi connectivity index (χ4n) is 4.47. The smallest absolute Gasteiger partial charge is 0.220 e. The predicted octanol–water partition coefficient (Wildman–Crippen LogP) is 4.18. The second kappa shape index (κ2) is 18.4. The van der Waals surface area contributed by atoms with Crippen molar-refractivity contribution in [3.63, 3.8) is 0 Å². The van der Waals surface area contributed by atoms with Crippen LogP contribution in [0.4, 0.5) is 0 Å². The second-order valence-electron chi connectivity index (χ2n) is 10.3. The van der Waals surface area contributed by atoms with Gasteiger partial charge >= 0.3 is 0 Å². The molecule has 0 bridgehead atoms. The molecule has 9 nitrogen and oxygen atoms in total. The van der Waals surface area contributed by atoms with Gasteiger partial charge in [0.1, 0.15) is 17.1 Å². The minimum Gasteiger partial charge on any atom is -0.507 e. The maximum absolute atomic E-state index is 12.4.